The van der Waals surface area contributed by atoms with Gasteiger partial charge in [0.05, 0.1) is 25.2 Å². The van der Waals surface area contributed by atoms with Crippen molar-refractivity contribution >= 4 is 16.7 Å². The van der Waals surface area contributed by atoms with E-state index < -0.39 is 0 Å². The van der Waals surface area contributed by atoms with Crippen molar-refractivity contribution in [3.63, 3.8) is 0 Å². The van der Waals surface area contributed by atoms with E-state index >= 15 is 0 Å². The maximum absolute atomic E-state index is 3.69. The molecule has 1 fully saturated rings. The fourth-order valence-corrected chi connectivity index (χ4v) is 3.68. The Labute approximate surface area is 122 Å². The van der Waals surface area contributed by atoms with Crippen LogP contribution in [0.5, 0.6) is 0 Å². The van der Waals surface area contributed by atoms with Crippen LogP contribution in [0.15, 0.2) is 30.3 Å². The van der Waals surface area contributed by atoms with Gasteiger partial charge in [0.2, 0.25) is 5.82 Å². The fourth-order valence-electron chi connectivity index (χ4n) is 3.68. The van der Waals surface area contributed by atoms with E-state index in [4.69, 9.17) is 0 Å². The molecule has 2 nitrogen and oxygen atoms in total. The van der Waals surface area contributed by atoms with Crippen molar-refractivity contribution in [1.29, 1.82) is 0 Å². The Morgan fingerprint density at radius 3 is 2.60 bits per heavy atom. The Balaban J connectivity index is 1.81. The third-order valence-corrected chi connectivity index (χ3v) is 4.89. The van der Waals surface area contributed by atoms with Crippen molar-refractivity contribution in [2.24, 2.45) is 0 Å². The lowest BCUT2D eigenvalue weighted by Gasteiger charge is -2.32. The number of likely N-dealkylation sites (tertiary alicyclic amines) is 1. The van der Waals surface area contributed by atoms with Crippen LogP contribution >= 0.6 is 0 Å². The summed E-state index contributed by atoms with van der Waals surface area (Å²) in [6.07, 6.45) is 8.21. The number of para-hydroxylation sites is 1. The van der Waals surface area contributed by atoms with Gasteiger partial charge in [0.25, 0.3) is 0 Å². The summed E-state index contributed by atoms with van der Waals surface area (Å²) in [6.45, 7) is 6.24. The highest BCUT2D eigenvalue weighted by atomic mass is 15.4. The van der Waals surface area contributed by atoms with Gasteiger partial charge < -0.3 is 4.98 Å². The number of H-pyrrole nitrogens is 1. The summed E-state index contributed by atoms with van der Waals surface area (Å²) in [5.74, 6) is 1.44. The number of hydrogen-bond donors (Lipinski definition) is 1. The summed E-state index contributed by atoms with van der Waals surface area (Å²) < 4.78 is 1.19. The average Bonchev–Trinajstić information content (AvgIpc) is 3.11. The zero-order valence-corrected chi connectivity index (χ0v) is 12.7. The first-order chi connectivity index (χ1) is 9.84. The van der Waals surface area contributed by atoms with Crippen LogP contribution in [0.1, 0.15) is 45.4 Å². The Morgan fingerprint density at radius 1 is 1.05 bits per heavy atom. The molecule has 0 atom stereocenters. The van der Waals surface area contributed by atoms with E-state index in [0.717, 1.165) is 0 Å². The topological polar surface area (TPSA) is 15.8 Å². The van der Waals surface area contributed by atoms with Gasteiger partial charge in [-0.15, -0.1) is 0 Å². The van der Waals surface area contributed by atoms with Gasteiger partial charge in [-0.1, -0.05) is 38.0 Å². The molecule has 1 aliphatic rings. The zero-order valence-electron chi connectivity index (χ0n) is 12.7. The molecule has 0 radical (unpaired) electrons. The van der Waals surface area contributed by atoms with E-state index in [1.165, 1.54) is 79.4 Å². The van der Waals surface area contributed by atoms with Crippen molar-refractivity contribution in [1.82, 2.24) is 9.47 Å². The summed E-state index contributed by atoms with van der Waals surface area (Å²) in [5.41, 5.74) is 1.29. The van der Waals surface area contributed by atoms with E-state index in [2.05, 4.69) is 42.2 Å². The fraction of sp³-hybridized carbons (Fsp3) is 0.556. The maximum Gasteiger partial charge on any atom is 0.206 e. The van der Waals surface area contributed by atoms with Crippen LogP contribution in [0.25, 0.3) is 10.9 Å². The lowest BCUT2D eigenvalue weighted by atomic mass is 10.2. The number of hydrogen-bond acceptors (Lipinski definition) is 0. The molecule has 0 amide bonds. The molecule has 3 rings (SSSR count). The molecule has 1 saturated heterocycles. The monoisotopic (exact) mass is 271 g/mol. The van der Waals surface area contributed by atoms with Gasteiger partial charge in [0.15, 0.2) is 0 Å². The smallest absolute Gasteiger partial charge is 0.206 e. The van der Waals surface area contributed by atoms with Crippen LogP contribution in [0.4, 0.5) is 5.82 Å². The molecule has 108 valence electrons. The minimum absolute atomic E-state index is 1.19. The van der Waals surface area contributed by atoms with Crippen molar-refractivity contribution in [2.75, 3.05) is 19.6 Å². The third-order valence-electron chi connectivity index (χ3n) is 4.89. The lowest BCUT2D eigenvalue weighted by molar-refractivity contribution is 0.317. The molecule has 0 spiro atoms. The second-order valence-electron chi connectivity index (χ2n) is 6.33. The minimum atomic E-state index is 1.19. The number of benzene rings is 1. The number of aromatic amines is 1. The summed E-state index contributed by atoms with van der Waals surface area (Å²) in [5, 5.41) is 1.36. The molecular weight excluding hydrogens is 244 g/mol. The number of rotatable bonds is 6. The first-order valence-electron chi connectivity index (χ1n) is 8.28. The number of aromatic nitrogens is 1. The largest absolute Gasteiger partial charge is 0.310 e. The second-order valence-corrected chi connectivity index (χ2v) is 6.33. The number of nitrogens with zero attached hydrogens (tertiary/aromatic N) is 1. The van der Waals surface area contributed by atoms with E-state index in [0.29, 0.717) is 0 Å². The molecule has 0 saturated carbocycles. The quantitative estimate of drug-likeness (QED) is 0.571. The van der Waals surface area contributed by atoms with Crippen molar-refractivity contribution in [3.8, 4) is 0 Å². The molecule has 0 unspecified atom stereocenters. The van der Waals surface area contributed by atoms with E-state index in [1.807, 2.05) is 0 Å². The normalized spacial score (nSPS) is 17.9. The molecule has 2 aromatic rings. The van der Waals surface area contributed by atoms with Crippen LogP contribution < -0.4 is 4.48 Å². The van der Waals surface area contributed by atoms with Gasteiger partial charge in [-0.3, -0.25) is 4.48 Å². The first-order valence-corrected chi connectivity index (χ1v) is 8.28. The lowest BCUT2D eigenvalue weighted by Crippen LogP contribution is -2.47. The molecule has 0 aliphatic carbocycles. The number of nitrogens with one attached hydrogen (secondary N) is 1. The Kier molecular flexibility index (Phi) is 4.11. The highest BCUT2D eigenvalue weighted by molar-refractivity contribution is 5.83. The second kappa shape index (κ2) is 6.01. The summed E-state index contributed by atoms with van der Waals surface area (Å²) >= 11 is 0. The van der Waals surface area contributed by atoms with E-state index in [9.17, 15) is 0 Å². The predicted octanol–water partition coefficient (Wildman–Crippen LogP) is 4.85. The molecule has 1 aromatic heterocycles. The molecule has 20 heavy (non-hydrogen) atoms. The Morgan fingerprint density at radius 2 is 1.85 bits per heavy atom. The Hall–Kier alpha value is -1.28. The van der Waals surface area contributed by atoms with Gasteiger partial charge >= 0.3 is 0 Å². The van der Waals surface area contributed by atoms with E-state index in [1.54, 1.807) is 0 Å². The van der Waals surface area contributed by atoms with Crippen LogP contribution in [0.2, 0.25) is 0 Å². The number of unbranched alkanes of at least 4 members (excludes halogenated alkanes) is 3. The average molecular weight is 271 g/mol. The molecule has 2 heteroatoms. The maximum atomic E-state index is 3.69. The Bertz CT molecular complexity index is 516. The van der Waals surface area contributed by atoms with Crippen molar-refractivity contribution in [2.45, 2.75) is 45.4 Å². The van der Waals surface area contributed by atoms with Crippen LogP contribution in [-0.2, 0) is 0 Å². The van der Waals surface area contributed by atoms with Gasteiger partial charge in [-0.05, 0) is 18.9 Å². The highest BCUT2D eigenvalue weighted by Gasteiger charge is 2.35. The zero-order chi connectivity index (χ0) is 13.8. The summed E-state index contributed by atoms with van der Waals surface area (Å²) in [4.78, 5) is 3.69. The third kappa shape index (κ3) is 2.62. The van der Waals surface area contributed by atoms with Crippen LogP contribution in [-0.4, -0.2) is 24.6 Å². The first kappa shape index (κ1) is 13.7. The molecular formula is C18H27N2+. The van der Waals surface area contributed by atoms with Crippen molar-refractivity contribution < 1.29 is 0 Å². The number of quaternary nitrogens is 1. The summed E-state index contributed by atoms with van der Waals surface area (Å²) in [6, 6.07) is 11.1. The van der Waals surface area contributed by atoms with Gasteiger partial charge in [-0.25, -0.2) is 0 Å². The van der Waals surface area contributed by atoms with Crippen LogP contribution in [0, 0.1) is 0 Å². The molecule has 0 bridgehead atoms. The van der Waals surface area contributed by atoms with Gasteiger partial charge in [-0.2, -0.15) is 0 Å². The molecule has 1 aromatic carbocycles. The number of fused-ring (bicyclic) bond motifs is 1. The standard InChI is InChI=1S/C18H27N2/c1-2-3-4-7-12-20(13-8-9-14-20)18-15-16-10-5-6-11-17(16)19-18/h5-6,10-11,15,19H,2-4,7-9,12-14H2,1H3/q+1. The predicted molar refractivity (Wildman–Crippen MR) is 88.1 cm³/mol. The van der Waals surface area contributed by atoms with Crippen molar-refractivity contribution in [3.05, 3.63) is 30.3 Å². The highest BCUT2D eigenvalue weighted by Crippen LogP contribution is 2.32. The molecule has 1 aliphatic heterocycles. The van der Waals surface area contributed by atoms with Gasteiger partial charge in [0, 0.05) is 24.3 Å². The van der Waals surface area contributed by atoms with E-state index in [-0.39, 0.29) is 0 Å². The molecule has 1 N–H and O–H groups in total. The summed E-state index contributed by atoms with van der Waals surface area (Å²) in [7, 11) is 0. The van der Waals surface area contributed by atoms with Crippen LogP contribution in [0.3, 0.4) is 0 Å². The molecule has 2 heterocycles. The minimum Gasteiger partial charge on any atom is -0.310 e. The SMILES string of the molecule is CCCCCC[N+]1(c2cc3ccccc3[nH]2)CCCC1. The van der Waals surface area contributed by atoms with Gasteiger partial charge in [0.1, 0.15) is 0 Å².